The fraction of sp³-hybridized carbons (Fsp3) is 0.500. The van der Waals surface area contributed by atoms with E-state index in [-0.39, 0.29) is 23.1 Å². The average molecular weight is 347 g/mol. The molecule has 1 aliphatic rings. The molecule has 0 saturated carbocycles. The molecule has 0 unspecified atom stereocenters. The standard InChI is InChI=1S/C18H25N3O2S/c1-18(2,3)14-6-4-13(5-7-14)16(23)20-17(24)21-10-8-12(9-11-21)15(19)22/h4-7,12H,8-11H2,1-3H3,(H2,19,22)(H,20,23,24). The molecule has 6 heteroatoms. The van der Waals surface area contributed by atoms with Gasteiger partial charge in [-0.1, -0.05) is 32.9 Å². The van der Waals surface area contributed by atoms with Gasteiger partial charge in [0.1, 0.15) is 0 Å². The SMILES string of the molecule is CC(C)(C)c1ccc(C(=O)NC(=S)N2CCC(C(N)=O)CC2)cc1. The zero-order chi connectivity index (χ0) is 17.9. The number of carbonyl (C=O) groups is 2. The molecule has 0 atom stereocenters. The largest absolute Gasteiger partial charge is 0.369 e. The maximum absolute atomic E-state index is 12.3. The molecule has 3 N–H and O–H groups in total. The van der Waals surface area contributed by atoms with Gasteiger partial charge in [-0.2, -0.15) is 0 Å². The van der Waals surface area contributed by atoms with Crippen LogP contribution in [0.2, 0.25) is 0 Å². The first-order chi connectivity index (χ1) is 11.2. The Hall–Kier alpha value is -1.95. The number of benzene rings is 1. The second kappa shape index (κ2) is 7.30. The number of nitrogens with one attached hydrogen (secondary N) is 1. The molecule has 1 aliphatic heterocycles. The molecule has 0 radical (unpaired) electrons. The van der Waals surface area contributed by atoms with Gasteiger partial charge in [0.25, 0.3) is 5.91 Å². The summed E-state index contributed by atoms with van der Waals surface area (Å²) in [5, 5.41) is 3.18. The van der Waals surface area contributed by atoms with Gasteiger partial charge in [-0.25, -0.2) is 0 Å². The van der Waals surface area contributed by atoms with Gasteiger partial charge in [-0.3, -0.25) is 14.9 Å². The lowest BCUT2D eigenvalue weighted by Crippen LogP contribution is -2.47. The van der Waals surface area contributed by atoms with Crippen molar-refractivity contribution in [3.63, 3.8) is 0 Å². The molecule has 0 bridgehead atoms. The maximum atomic E-state index is 12.3. The normalized spacial score (nSPS) is 15.9. The van der Waals surface area contributed by atoms with Gasteiger partial charge in [-0.15, -0.1) is 0 Å². The van der Waals surface area contributed by atoms with E-state index >= 15 is 0 Å². The number of piperidine rings is 1. The van der Waals surface area contributed by atoms with E-state index in [9.17, 15) is 9.59 Å². The molecule has 0 aromatic heterocycles. The third-order valence-corrected chi connectivity index (χ3v) is 4.78. The average Bonchev–Trinajstić information content (AvgIpc) is 2.54. The minimum Gasteiger partial charge on any atom is -0.369 e. The summed E-state index contributed by atoms with van der Waals surface area (Å²) in [6.07, 6.45) is 1.34. The van der Waals surface area contributed by atoms with Crippen LogP contribution in [0.4, 0.5) is 0 Å². The fourth-order valence-corrected chi connectivity index (χ4v) is 3.01. The first-order valence-corrected chi connectivity index (χ1v) is 8.59. The van der Waals surface area contributed by atoms with Crippen molar-refractivity contribution >= 4 is 29.1 Å². The fourth-order valence-electron chi connectivity index (χ4n) is 2.74. The van der Waals surface area contributed by atoms with Crippen LogP contribution in [0.1, 0.15) is 49.5 Å². The lowest BCUT2D eigenvalue weighted by Gasteiger charge is -2.32. The molecule has 5 nitrogen and oxygen atoms in total. The van der Waals surface area contributed by atoms with Crippen molar-refractivity contribution in [2.75, 3.05) is 13.1 Å². The van der Waals surface area contributed by atoms with E-state index in [1.54, 1.807) is 0 Å². The molecule has 1 aromatic carbocycles. The number of amides is 2. The zero-order valence-corrected chi connectivity index (χ0v) is 15.3. The van der Waals surface area contributed by atoms with Crippen LogP contribution in [-0.4, -0.2) is 34.9 Å². The highest BCUT2D eigenvalue weighted by Crippen LogP contribution is 2.22. The van der Waals surface area contributed by atoms with Crippen LogP contribution in [0.15, 0.2) is 24.3 Å². The molecule has 1 saturated heterocycles. The molecule has 0 aliphatic carbocycles. The van der Waals surface area contributed by atoms with Crippen molar-refractivity contribution in [2.45, 2.75) is 39.0 Å². The Morgan fingerprint density at radius 2 is 1.71 bits per heavy atom. The van der Waals surface area contributed by atoms with E-state index in [0.29, 0.717) is 36.6 Å². The second-order valence-electron chi connectivity index (χ2n) is 7.25. The zero-order valence-electron chi connectivity index (χ0n) is 14.5. The molecule has 2 amide bonds. The summed E-state index contributed by atoms with van der Waals surface area (Å²) >= 11 is 5.32. The summed E-state index contributed by atoms with van der Waals surface area (Å²) in [5.41, 5.74) is 7.14. The van der Waals surface area contributed by atoms with Crippen molar-refractivity contribution in [1.29, 1.82) is 0 Å². The topological polar surface area (TPSA) is 75.4 Å². The van der Waals surface area contributed by atoms with E-state index < -0.39 is 0 Å². The van der Waals surface area contributed by atoms with E-state index in [1.165, 1.54) is 5.56 Å². The lowest BCUT2D eigenvalue weighted by molar-refractivity contribution is -0.122. The number of rotatable bonds is 2. The van der Waals surface area contributed by atoms with Gasteiger partial charge in [0.15, 0.2) is 5.11 Å². The first-order valence-electron chi connectivity index (χ1n) is 8.18. The maximum Gasteiger partial charge on any atom is 0.257 e. The Balaban J connectivity index is 1.92. The Morgan fingerprint density at radius 3 is 2.17 bits per heavy atom. The van der Waals surface area contributed by atoms with Crippen molar-refractivity contribution in [3.05, 3.63) is 35.4 Å². The third-order valence-electron chi connectivity index (χ3n) is 4.42. The molecular weight excluding hydrogens is 322 g/mol. The molecule has 1 heterocycles. The minimum atomic E-state index is -0.261. The van der Waals surface area contributed by atoms with Crippen LogP contribution in [0, 0.1) is 5.92 Å². The number of primary amides is 1. The Labute approximate surface area is 148 Å². The van der Waals surface area contributed by atoms with E-state index in [4.69, 9.17) is 18.0 Å². The van der Waals surface area contributed by atoms with Crippen molar-refractivity contribution in [2.24, 2.45) is 11.7 Å². The van der Waals surface area contributed by atoms with Crippen molar-refractivity contribution in [3.8, 4) is 0 Å². The lowest BCUT2D eigenvalue weighted by atomic mass is 9.87. The van der Waals surface area contributed by atoms with Crippen LogP contribution >= 0.6 is 12.2 Å². The quantitative estimate of drug-likeness (QED) is 0.804. The van der Waals surface area contributed by atoms with Crippen LogP contribution in [0.25, 0.3) is 0 Å². The summed E-state index contributed by atoms with van der Waals surface area (Å²) in [4.78, 5) is 25.4. The molecular formula is C18H25N3O2S. The number of thiocarbonyl (C=S) groups is 1. The van der Waals surface area contributed by atoms with Crippen LogP contribution in [0.3, 0.4) is 0 Å². The van der Waals surface area contributed by atoms with E-state index in [1.807, 2.05) is 29.2 Å². The van der Waals surface area contributed by atoms with Crippen LogP contribution < -0.4 is 11.1 Å². The molecule has 130 valence electrons. The summed E-state index contributed by atoms with van der Waals surface area (Å²) in [7, 11) is 0. The first kappa shape index (κ1) is 18.4. The van der Waals surface area contributed by atoms with Gasteiger partial charge in [0.05, 0.1) is 0 Å². The predicted octanol–water partition coefficient (Wildman–Crippen LogP) is 2.20. The molecule has 0 spiro atoms. The molecule has 24 heavy (non-hydrogen) atoms. The highest BCUT2D eigenvalue weighted by atomic mass is 32.1. The number of hydrogen-bond donors (Lipinski definition) is 2. The predicted molar refractivity (Wildman–Crippen MR) is 98.7 cm³/mol. The Kier molecular flexibility index (Phi) is 5.59. The number of hydrogen-bond acceptors (Lipinski definition) is 3. The van der Waals surface area contributed by atoms with Gasteiger partial charge in [-0.05, 0) is 48.2 Å². The van der Waals surface area contributed by atoms with Gasteiger partial charge < -0.3 is 10.6 Å². The summed E-state index contributed by atoms with van der Waals surface area (Å²) in [6.45, 7) is 7.66. The number of nitrogens with zero attached hydrogens (tertiary/aromatic N) is 1. The van der Waals surface area contributed by atoms with Crippen LogP contribution in [-0.2, 0) is 10.2 Å². The summed E-state index contributed by atoms with van der Waals surface area (Å²) in [6, 6.07) is 7.57. The third kappa shape index (κ3) is 4.54. The smallest absolute Gasteiger partial charge is 0.257 e. The number of carbonyl (C=O) groups excluding carboxylic acids is 2. The summed E-state index contributed by atoms with van der Waals surface area (Å²) in [5.74, 6) is -0.564. The minimum absolute atomic E-state index is 0.0507. The van der Waals surface area contributed by atoms with Gasteiger partial charge in [0, 0.05) is 24.6 Å². The number of nitrogens with two attached hydrogens (primary N) is 1. The highest BCUT2D eigenvalue weighted by Gasteiger charge is 2.25. The van der Waals surface area contributed by atoms with Crippen molar-refractivity contribution in [1.82, 2.24) is 10.2 Å². The van der Waals surface area contributed by atoms with Gasteiger partial charge in [0.2, 0.25) is 5.91 Å². The monoisotopic (exact) mass is 347 g/mol. The van der Waals surface area contributed by atoms with Gasteiger partial charge >= 0.3 is 0 Å². The summed E-state index contributed by atoms with van der Waals surface area (Å²) < 4.78 is 0. The Morgan fingerprint density at radius 1 is 1.17 bits per heavy atom. The molecule has 1 fully saturated rings. The number of likely N-dealkylation sites (tertiary alicyclic amines) is 1. The molecule has 2 rings (SSSR count). The van der Waals surface area contributed by atoms with E-state index in [2.05, 4.69) is 26.1 Å². The molecule has 1 aromatic rings. The highest BCUT2D eigenvalue weighted by molar-refractivity contribution is 7.80. The Bertz CT molecular complexity index is 627. The van der Waals surface area contributed by atoms with Crippen LogP contribution in [0.5, 0.6) is 0 Å². The van der Waals surface area contributed by atoms with Crippen molar-refractivity contribution < 1.29 is 9.59 Å². The second-order valence-corrected chi connectivity index (χ2v) is 7.64. The van der Waals surface area contributed by atoms with E-state index in [0.717, 1.165) is 0 Å².